The normalized spacial score (nSPS) is 9.76. The molecule has 0 fully saturated rings. The standard InChI is InChI=1S/C11H12BrN3O2/c1-8-6-11(14(2)5-3-4-13)9(12)7-10(8)15(16)17/h6-7H,3,5H2,1-2H3. The minimum absolute atomic E-state index is 0.0920. The molecule has 0 aromatic heterocycles. The average molecular weight is 298 g/mol. The Kier molecular flexibility index (Phi) is 4.46. The summed E-state index contributed by atoms with van der Waals surface area (Å²) in [7, 11) is 1.85. The molecule has 0 atom stereocenters. The first-order valence-corrected chi connectivity index (χ1v) is 5.79. The summed E-state index contributed by atoms with van der Waals surface area (Å²) in [6, 6.07) is 5.31. The maximum Gasteiger partial charge on any atom is 0.273 e. The minimum Gasteiger partial charge on any atom is -0.373 e. The first-order chi connectivity index (χ1) is 7.97. The molecule has 0 aliphatic carbocycles. The van der Waals surface area contributed by atoms with E-state index >= 15 is 0 Å². The van der Waals surface area contributed by atoms with Gasteiger partial charge in [0.25, 0.3) is 5.69 Å². The molecular weight excluding hydrogens is 286 g/mol. The molecule has 0 heterocycles. The Labute approximate surface area is 108 Å². The van der Waals surface area contributed by atoms with Gasteiger partial charge in [0.2, 0.25) is 0 Å². The molecule has 0 saturated carbocycles. The van der Waals surface area contributed by atoms with E-state index in [1.807, 2.05) is 11.9 Å². The van der Waals surface area contributed by atoms with E-state index in [0.717, 1.165) is 5.69 Å². The van der Waals surface area contributed by atoms with E-state index in [1.165, 1.54) is 6.07 Å². The van der Waals surface area contributed by atoms with Crippen LogP contribution in [0.2, 0.25) is 0 Å². The highest BCUT2D eigenvalue weighted by Crippen LogP contribution is 2.32. The molecule has 5 nitrogen and oxygen atoms in total. The van der Waals surface area contributed by atoms with Crippen LogP contribution in [0.1, 0.15) is 12.0 Å². The molecule has 0 saturated heterocycles. The number of nitro groups is 1. The fourth-order valence-corrected chi connectivity index (χ4v) is 2.12. The molecule has 0 aliphatic heterocycles. The fourth-order valence-electron chi connectivity index (χ4n) is 1.48. The van der Waals surface area contributed by atoms with Crippen molar-refractivity contribution in [3.63, 3.8) is 0 Å². The number of hydrogen-bond donors (Lipinski definition) is 0. The van der Waals surface area contributed by atoms with Crippen LogP contribution in [0.4, 0.5) is 11.4 Å². The smallest absolute Gasteiger partial charge is 0.273 e. The van der Waals surface area contributed by atoms with Crippen molar-refractivity contribution in [1.29, 1.82) is 5.26 Å². The van der Waals surface area contributed by atoms with Gasteiger partial charge >= 0.3 is 0 Å². The maximum atomic E-state index is 10.8. The lowest BCUT2D eigenvalue weighted by molar-refractivity contribution is -0.385. The molecule has 0 bridgehead atoms. The molecule has 1 rings (SSSR count). The number of benzene rings is 1. The number of anilines is 1. The van der Waals surface area contributed by atoms with E-state index < -0.39 is 4.92 Å². The van der Waals surface area contributed by atoms with Gasteiger partial charge in [0.1, 0.15) is 0 Å². The third-order valence-corrected chi connectivity index (χ3v) is 3.07. The van der Waals surface area contributed by atoms with Crippen LogP contribution in [0.25, 0.3) is 0 Å². The number of nitrogens with zero attached hydrogens (tertiary/aromatic N) is 3. The van der Waals surface area contributed by atoms with Crippen molar-refractivity contribution in [3.8, 4) is 6.07 Å². The van der Waals surface area contributed by atoms with Crippen LogP contribution < -0.4 is 4.90 Å². The van der Waals surface area contributed by atoms with Gasteiger partial charge in [-0.3, -0.25) is 10.1 Å². The molecule has 17 heavy (non-hydrogen) atoms. The predicted molar refractivity (Wildman–Crippen MR) is 69.0 cm³/mol. The van der Waals surface area contributed by atoms with Crippen LogP contribution in [0.15, 0.2) is 16.6 Å². The van der Waals surface area contributed by atoms with Crippen LogP contribution >= 0.6 is 15.9 Å². The number of rotatable bonds is 4. The predicted octanol–water partition coefficient (Wildman–Crippen LogP) is 3.02. The molecule has 0 spiro atoms. The zero-order valence-corrected chi connectivity index (χ0v) is 11.2. The highest BCUT2D eigenvalue weighted by molar-refractivity contribution is 9.10. The van der Waals surface area contributed by atoms with Gasteiger partial charge < -0.3 is 4.90 Å². The second kappa shape index (κ2) is 5.64. The minimum atomic E-state index is -0.404. The van der Waals surface area contributed by atoms with E-state index in [0.29, 0.717) is 23.0 Å². The van der Waals surface area contributed by atoms with Gasteiger partial charge in [-0.25, -0.2) is 0 Å². The average Bonchev–Trinajstić information content (AvgIpc) is 2.28. The van der Waals surface area contributed by atoms with Crippen molar-refractivity contribution in [3.05, 3.63) is 32.3 Å². The summed E-state index contributed by atoms with van der Waals surface area (Å²) in [6.45, 7) is 2.29. The monoisotopic (exact) mass is 297 g/mol. The first-order valence-electron chi connectivity index (χ1n) is 5.00. The second-order valence-corrected chi connectivity index (χ2v) is 4.53. The number of aryl methyl sites for hydroxylation is 1. The van der Waals surface area contributed by atoms with Gasteiger partial charge in [-0.2, -0.15) is 5.26 Å². The van der Waals surface area contributed by atoms with Gasteiger partial charge in [-0.15, -0.1) is 0 Å². The lowest BCUT2D eigenvalue weighted by atomic mass is 10.1. The summed E-state index contributed by atoms with van der Waals surface area (Å²) in [6.07, 6.45) is 0.416. The van der Waals surface area contributed by atoms with E-state index in [2.05, 4.69) is 22.0 Å². The summed E-state index contributed by atoms with van der Waals surface area (Å²) in [5, 5.41) is 19.3. The zero-order valence-electron chi connectivity index (χ0n) is 9.61. The van der Waals surface area contributed by atoms with Crippen LogP contribution in [-0.4, -0.2) is 18.5 Å². The SMILES string of the molecule is Cc1cc(N(C)CCC#N)c(Br)cc1[N+](=O)[O-]. The number of halogens is 1. The Hall–Kier alpha value is -1.61. The van der Waals surface area contributed by atoms with E-state index in [-0.39, 0.29) is 5.69 Å². The zero-order chi connectivity index (χ0) is 13.0. The summed E-state index contributed by atoms with van der Waals surface area (Å²) in [5.41, 5.74) is 1.55. The fraction of sp³-hybridized carbons (Fsp3) is 0.364. The van der Waals surface area contributed by atoms with Crippen molar-refractivity contribution in [2.45, 2.75) is 13.3 Å². The number of hydrogen-bond acceptors (Lipinski definition) is 4. The Bertz CT molecular complexity index is 482. The first kappa shape index (κ1) is 13.5. The van der Waals surface area contributed by atoms with Gasteiger partial charge in [-0.05, 0) is 28.9 Å². The molecule has 0 N–H and O–H groups in total. The Morgan fingerprint density at radius 1 is 1.59 bits per heavy atom. The molecule has 0 amide bonds. The second-order valence-electron chi connectivity index (χ2n) is 3.68. The Balaban J connectivity index is 3.07. The number of nitriles is 1. The van der Waals surface area contributed by atoms with Gasteiger partial charge in [0, 0.05) is 29.7 Å². The maximum absolute atomic E-state index is 10.8. The highest BCUT2D eigenvalue weighted by Gasteiger charge is 2.15. The lowest BCUT2D eigenvalue weighted by Gasteiger charge is -2.19. The topological polar surface area (TPSA) is 70.2 Å². The van der Waals surface area contributed by atoms with Gasteiger partial charge in [0.15, 0.2) is 0 Å². The largest absolute Gasteiger partial charge is 0.373 e. The molecule has 6 heteroatoms. The lowest BCUT2D eigenvalue weighted by Crippen LogP contribution is -2.18. The highest BCUT2D eigenvalue weighted by atomic mass is 79.9. The Morgan fingerprint density at radius 3 is 2.76 bits per heavy atom. The summed E-state index contributed by atoms with van der Waals surface area (Å²) in [4.78, 5) is 12.2. The molecule has 0 aliphatic rings. The third kappa shape index (κ3) is 3.17. The van der Waals surface area contributed by atoms with E-state index in [1.54, 1.807) is 13.0 Å². The molecule has 90 valence electrons. The van der Waals surface area contributed by atoms with Gasteiger partial charge in [0.05, 0.1) is 23.1 Å². The van der Waals surface area contributed by atoms with Crippen LogP contribution in [0, 0.1) is 28.4 Å². The van der Waals surface area contributed by atoms with Crippen molar-refractivity contribution in [2.75, 3.05) is 18.5 Å². The van der Waals surface area contributed by atoms with Crippen molar-refractivity contribution in [2.24, 2.45) is 0 Å². The quantitative estimate of drug-likeness (QED) is 0.633. The Morgan fingerprint density at radius 2 is 2.24 bits per heavy atom. The molecular formula is C11H12BrN3O2. The molecule has 1 aromatic rings. The van der Waals surface area contributed by atoms with Crippen LogP contribution in [0.5, 0.6) is 0 Å². The molecule has 0 radical (unpaired) electrons. The number of nitro benzene ring substituents is 1. The van der Waals surface area contributed by atoms with E-state index in [9.17, 15) is 10.1 Å². The van der Waals surface area contributed by atoms with Crippen molar-refractivity contribution in [1.82, 2.24) is 0 Å². The van der Waals surface area contributed by atoms with Crippen LogP contribution in [0.3, 0.4) is 0 Å². The summed E-state index contributed by atoms with van der Waals surface area (Å²) < 4.78 is 0.662. The van der Waals surface area contributed by atoms with E-state index in [4.69, 9.17) is 5.26 Å². The molecule has 1 aromatic carbocycles. The third-order valence-electron chi connectivity index (χ3n) is 2.43. The van der Waals surface area contributed by atoms with Crippen LogP contribution in [-0.2, 0) is 0 Å². The molecule has 0 unspecified atom stereocenters. The van der Waals surface area contributed by atoms with Gasteiger partial charge in [-0.1, -0.05) is 0 Å². The van der Waals surface area contributed by atoms with Crippen molar-refractivity contribution < 1.29 is 4.92 Å². The summed E-state index contributed by atoms with van der Waals surface area (Å²) in [5.74, 6) is 0. The summed E-state index contributed by atoms with van der Waals surface area (Å²) >= 11 is 3.31. The van der Waals surface area contributed by atoms with Crippen molar-refractivity contribution >= 4 is 27.3 Å².